The molecule has 1 aromatic carbocycles. The molecule has 0 aliphatic heterocycles. The maximum atomic E-state index is 10.9. The Morgan fingerprint density at radius 2 is 2.00 bits per heavy atom. The smallest absolute Gasteiger partial charge is 0.407 e. The van der Waals surface area contributed by atoms with Gasteiger partial charge in [0.1, 0.15) is 6.61 Å². The lowest BCUT2D eigenvalue weighted by molar-refractivity contribution is 0.153. The number of ether oxygens (including phenoxy) is 3. The van der Waals surface area contributed by atoms with Crippen molar-refractivity contribution in [3.63, 3.8) is 0 Å². The number of rotatable bonds is 5. The fourth-order valence-corrected chi connectivity index (χ4v) is 1.26. The Balaban J connectivity index is 2.29. The average molecular weight is 263 g/mol. The number of hydrogen-bond acceptors (Lipinski definition) is 4. The fourth-order valence-electron chi connectivity index (χ4n) is 1.26. The zero-order chi connectivity index (χ0) is 13.9. The van der Waals surface area contributed by atoms with E-state index in [0.717, 1.165) is 0 Å². The van der Waals surface area contributed by atoms with Gasteiger partial charge in [0.05, 0.1) is 20.3 Å². The summed E-state index contributed by atoms with van der Waals surface area (Å²) in [6.07, 6.45) is -0.470. The predicted octanol–water partition coefficient (Wildman–Crippen LogP) is 1.82. The van der Waals surface area contributed by atoms with Crippen molar-refractivity contribution >= 4 is 6.09 Å². The van der Waals surface area contributed by atoms with Crippen LogP contribution in [0.4, 0.5) is 4.79 Å². The first kappa shape index (κ1) is 14.7. The van der Waals surface area contributed by atoms with Crippen LogP contribution in [0.5, 0.6) is 11.5 Å². The Hall–Kier alpha value is -2.35. The summed E-state index contributed by atoms with van der Waals surface area (Å²) in [5, 5.41) is 2.49. The molecule has 5 heteroatoms. The van der Waals surface area contributed by atoms with Crippen molar-refractivity contribution in [2.45, 2.75) is 6.92 Å². The average Bonchev–Trinajstić information content (AvgIpc) is 2.43. The van der Waals surface area contributed by atoms with Crippen molar-refractivity contribution in [1.29, 1.82) is 0 Å². The molecule has 5 nitrogen and oxygen atoms in total. The first-order valence-corrected chi connectivity index (χ1v) is 5.90. The van der Waals surface area contributed by atoms with E-state index in [9.17, 15) is 4.79 Å². The van der Waals surface area contributed by atoms with Gasteiger partial charge in [0.2, 0.25) is 0 Å². The van der Waals surface area contributed by atoms with Crippen LogP contribution in [0.15, 0.2) is 24.3 Å². The van der Waals surface area contributed by atoms with Gasteiger partial charge in [-0.25, -0.2) is 4.79 Å². The Morgan fingerprint density at radius 1 is 1.26 bits per heavy atom. The summed E-state index contributed by atoms with van der Waals surface area (Å²) >= 11 is 0. The van der Waals surface area contributed by atoms with Crippen molar-refractivity contribution in [3.8, 4) is 23.3 Å². The highest BCUT2D eigenvalue weighted by atomic mass is 16.5. The maximum Gasteiger partial charge on any atom is 0.407 e. The Bertz CT molecular complexity index is 462. The summed E-state index contributed by atoms with van der Waals surface area (Å²) in [5.41, 5.74) is 0. The molecule has 0 fully saturated rings. The molecule has 0 saturated heterocycles. The number of benzene rings is 1. The highest BCUT2D eigenvalue weighted by Crippen LogP contribution is 2.25. The van der Waals surface area contributed by atoms with Gasteiger partial charge in [-0.05, 0) is 19.1 Å². The van der Waals surface area contributed by atoms with E-state index in [1.165, 1.54) is 0 Å². The number of carbonyl (C=O) groups is 1. The van der Waals surface area contributed by atoms with Crippen molar-refractivity contribution in [2.24, 2.45) is 0 Å². The van der Waals surface area contributed by atoms with Crippen LogP contribution in [0, 0.1) is 11.8 Å². The molecule has 0 saturated carbocycles. The van der Waals surface area contributed by atoms with E-state index in [-0.39, 0.29) is 13.2 Å². The zero-order valence-corrected chi connectivity index (χ0v) is 11.1. The van der Waals surface area contributed by atoms with Crippen LogP contribution in [0.25, 0.3) is 0 Å². The zero-order valence-electron chi connectivity index (χ0n) is 11.1. The van der Waals surface area contributed by atoms with Crippen LogP contribution in [-0.4, -0.2) is 33.0 Å². The lowest BCUT2D eigenvalue weighted by Crippen LogP contribution is -2.24. The summed E-state index contributed by atoms with van der Waals surface area (Å²) in [4.78, 5) is 10.9. The number of para-hydroxylation sites is 2. The molecule has 1 N–H and O–H groups in total. The summed E-state index contributed by atoms with van der Waals surface area (Å²) < 4.78 is 15.3. The topological polar surface area (TPSA) is 56.8 Å². The highest BCUT2D eigenvalue weighted by Gasteiger charge is 2.00. The molecule has 0 aromatic heterocycles. The lowest BCUT2D eigenvalue weighted by Gasteiger charge is -2.07. The predicted molar refractivity (Wildman–Crippen MR) is 71.3 cm³/mol. The van der Waals surface area contributed by atoms with Crippen LogP contribution in [0.1, 0.15) is 6.92 Å². The number of nitrogens with one attached hydrogen (secondary N) is 1. The largest absolute Gasteiger partial charge is 0.493 e. The standard InChI is InChI=1S/C14H17NO4/c1-3-18-14(16)15-10-6-7-11-19-13-9-5-4-8-12(13)17-2/h4-5,8-9H,3,10-11H2,1-2H3,(H,15,16). The number of amides is 1. The molecule has 102 valence electrons. The molecule has 1 rings (SSSR count). The Labute approximate surface area is 112 Å². The molecule has 1 aromatic rings. The molecule has 0 spiro atoms. The fraction of sp³-hybridized carbons (Fsp3) is 0.357. The van der Waals surface area contributed by atoms with Gasteiger partial charge in [-0.2, -0.15) is 0 Å². The lowest BCUT2D eigenvalue weighted by atomic mass is 10.3. The van der Waals surface area contributed by atoms with E-state index >= 15 is 0 Å². The molecule has 0 atom stereocenters. The summed E-state index contributed by atoms with van der Waals surface area (Å²) in [6.45, 7) is 2.54. The van der Waals surface area contributed by atoms with Crippen molar-refractivity contribution in [2.75, 3.05) is 26.9 Å². The minimum Gasteiger partial charge on any atom is -0.493 e. The summed E-state index contributed by atoms with van der Waals surface area (Å²) in [5.74, 6) is 6.84. The third-order valence-electron chi connectivity index (χ3n) is 2.09. The number of hydrogen-bond donors (Lipinski definition) is 1. The number of methoxy groups -OCH3 is 1. The van der Waals surface area contributed by atoms with E-state index in [1.54, 1.807) is 20.1 Å². The van der Waals surface area contributed by atoms with Crippen LogP contribution < -0.4 is 14.8 Å². The van der Waals surface area contributed by atoms with Gasteiger partial charge in [-0.1, -0.05) is 24.0 Å². The van der Waals surface area contributed by atoms with Crippen molar-refractivity contribution in [3.05, 3.63) is 24.3 Å². The van der Waals surface area contributed by atoms with E-state index in [1.807, 2.05) is 18.2 Å². The molecule has 0 heterocycles. The molecule has 19 heavy (non-hydrogen) atoms. The van der Waals surface area contributed by atoms with E-state index in [2.05, 4.69) is 21.9 Å². The minimum atomic E-state index is -0.470. The summed E-state index contributed by atoms with van der Waals surface area (Å²) in [7, 11) is 1.58. The normalized spacial score (nSPS) is 8.95. The molecule has 0 unspecified atom stereocenters. The van der Waals surface area contributed by atoms with Crippen molar-refractivity contribution < 1.29 is 19.0 Å². The first-order chi connectivity index (χ1) is 9.27. The minimum absolute atomic E-state index is 0.227. The van der Waals surface area contributed by atoms with Crippen LogP contribution >= 0.6 is 0 Å². The second kappa shape index (κ2) is 8.70. The first-order valence-electron chi connectivity index (χ1n) is 5.90. The molecule has 1 amide bonds. The third-order valence-corrected chi connectivity index (χ3v) is 2.09. The monoisotopic (exact) mass is 263 g/mol. The van der Waals surface area contributed by atoms with Crippen LogP contribution in [-0.2, 0) is 4.74 Å². The van der Waals surface area contributed by atoms with E-state index in [4.69, 9.17) is 9.47 Å². The van der Waals surface area contributed by atoms with Gasteiger partial charge in [-0.15, -0.1) is 0 Å². The second-order valence-corrected chi connectivity index (χ2v) is 3.37. The van der Waals surface area contributed by atoms with E-state index in [0.29, 0.717) is 18.1 Å². The van der Waals surface area contributed by atoms with Crippen LogP contribution in [0.2, 0.25) is 0 Å². The summed E-state index contributed by atoms with van der Waals surface area (Å²) in [6, 6.07) is 7.33. The third kappa shape index (κ3) is 5.68. The Morgan fingerprint density at radius 3 is 2.68 bits per heavy atom. The van der Waals surface area contributed by atoms with Gasteiger partial charge < -0.3 is 19.5 Å². The quantitative estimate of drug-likeness (QED) is 0.823. The van der Waals surface area contributed by atoms with Crippen LogP contribution in [0.3, 0.4) is 0 Å². The molecule has 0 aliphatic rings. The van der Waals surface area contributed by atoms with Gasteiger partial charge in [-0.3, -0.25) is 0 Å². The molecular weight excluding hydrogens is 246 g/mol. The second-order valence-electron chi connectivity index (χ2n) is 3.37. The van der Waals surface area contributed by atoms with Gasteiger partial charge in [0, 0.05) is 0 Å². The molecule has 0 radical (unpaired) electrons. The number of alkyl carbamates (subject to hydrolysis) is 1. The van der Waals surface area contributed by atoms with Gasteiger partial charge in [0.15, 0.2) is 11.5 Å². The molecule has 0 bridgehead atoms. The Kier molecular flexibility index (Phi) is 6.73. The molecule has 0 aliphatic carbocycles. The SMILES string of the molecule is CCOC(=O)NCC#CCOc1ccccc1OC. The highest BCUT2D eigenvalue weighted by molar-refractivity contribution is 5.67. The van der Waals surface area contributed by atoms with E-state index < -0.39 is 6.09 Å². The van der Waals surface area contributed by atoms with Gasteiger partial charge in [0.25, 0.3) is 0 Å². The number of carbonyl (C=O) groups excluding carboxylic acids is 1. The van der Waals surface area contributed by atoms with Gasteiger partial charge >= 0.3 is 6.09 Å². The molecular formula is C14H17NO4. The van der Waals surface area contributed by atoms with Crippen molar-refractivity contribution in [1.82, 2.24) is 5.32 Å². The maximum absolute atomic E-state index is 10.9.